The van der Waals surface area contributed by atoms with Crippen LogP contribution in [0.2, 0.25) is 5.02 Å². The highest BCUT2D eigenvalue weighted by molar-refractivity contribution is 7.99. The summed E-state index contributed by atoms with van der Waals surface area (Å²) < 4.78 is 80.0. The quantitative estimate of drug-likeness (QED) is 0.0274. The van der Waals surface area contributed by atoms with Gasteiger partial charge in [-0.3, -0.25) is 9.69 Å². The van der Waals surface area contributed by atoms with Crippen molar-refractivity contribution in [3.8, 4) is 0 Å². The van der Waals surface area contributed by atoms with E-state index in [0.717, 1.165) is 86.0 Å². The fraction of sp³-hybridized carbons (Fsp3) is 0.383. The Morgan fingerprint density at radius 3 is 2.28 bits per heavy atom. The first kappa shape index (κ1) is 50.3. The number of alkyl halides is 3. The molecule has 4 N–H and O–H groups in total. The van der Waals surface area contributed by atoms with E-state index in [-0.39, 0.29) is 11.3 Å². The Bertz CT molecular complexity index is 2490. The summed E-state index contributed by atoms with van der Waals surface area (Å²) in [7, 11) is -10.4. The van der Waals surface area contributed by atoms with Crippen LogP contribution >= 0.6 is 35.0 Å². The van der Waals surface area contributed by atoms with Gasteiger partial charge in [0, 0.05) is 65.7 Å². The molecule has 6 rings (SSSR count). The van der Waals surface area contributed by atoms with E-state index in [9.17, 15) is 30.4 Å². The predicted molar refractivity (Wildman–Crippen MR) is 259 cm³/mol. The van der Waals surface area contributed by atoms with Gasteiger partial charge < -0.3 is 20.6 Å². The smallest absolute Gasteiger partial charge is 0.427 e. The third-order valence-corrected chi connectivity index (χ3v) is 16.3. The lowest BCUT2D eigenvalue weighted by atomic mass is 9.95. The van der Waals surface area contributed by atoms with Crippen LogP contribution in [0.25, 0.3) is 5.57 Å². The number of allylic oxidation sites excluding steroid dienone is 2. The van der Waals surface area contributed by atoms with Crippen molar-refractivity contribution < 1.29 is 35.5 Å². The molecule has 65 heavy (non-hydrogen) atoms. The largest absolute Gasteiger partial charge is 0.516 e. The molecule has 1 saturated heterocycles. The minimum Gasteiger partial charge on any atom is -0.516 e. The molecule has 1 aliphatic carbocycles. The number of carbonyl (C=O) groups excluding carboxylic acids is 1. The molecule has 0 bridgehead atoms. The van der Waals surface area contributed by atoms with E-state index in [2.05, 4.69) is 32.6 Å². The second-order valence-electron chi connectivity index (χ2n) is 16.0. The average molecular weight is 991 g/mol. The number of amides is 1. The number of sulfone groups is 1. The van der Waals surface area contributed by atoms with Crippen LogP contribution in [0, 0.1) is 0 Å². The first-order valence-corrected chi connectivity index (χ1v) is 26.4. The predicted octanol–water partition coefficient (Wildman–Crippen LogP) is 9.97. The Kier molecular flexibility index (Phi) is 18.2. The molecule has 0 saturated carbocycles. The Balaban J connectivity index is 1.11. The van der Waals surface area contributed by atoms with Crippen LogP contribution in [0.5, 0.6) is 0 Å². The number of anilines is 2. The zero-order valence-electron chi connectivity index (χ0n) is 35.9. The molecule has 1 aliphatic heterocycles. The SMILES string of the molecule is O=C(NS(=O)(=O)c1ccc(N[C@H](CCNCCC/C=C\O)CSc2ccccc2)c(S(=O)(=O)C(F)(F)Cl)c1)c1ccc(N2CCN(CC3=C(c4ccc(Cl)cc4)CCCCC3)CC2)cc1. The van der Waals surface area contributed by atoms with Crippen molar-refractivity contribution >= 4 is 77.7 Å². The highest BCUT2D eigenvalue weighted by atomic mass is 35.5. The number of hydrogen-bond acceptors (Lipinski definition) is 11. The van der Waals surface area contributed by atoms with Gasteiger partial charge in [0.1, 0.15) is 0 Å². The average Bonchev–Trinajstić information content (AvgIpc) is 3.53. The van der Waals surface area contributed by atoms with Crippen LogP contribution in [0.3, 0.4) is 0 Å². The van der Waals surface area contributed by atoms with Crippen LogP contribution in [0.15, 0.2) is 130 Å². The summed E-state index contributed by atoms with van der Waals surface area (Å²) in [6.07, 6.45) is 10.1. The van der Waals surface area contributed by atoms with Crippen molar-refractivity contribution in [3.05, 3.63) is 131 Å². The van der Waals surface area contributed by atoms with Gasteiger partial charge in [0.25, 0.3) is 25.8 Å². The number of piperazine rings is 1. The van der Waals surface area contributed by atoms with E-state index in [1.54, 1.807) is 18.2 Å². The molecule has 4 aromatic rings. The molecule has 2 aliphatic rings. The van der Waals surface area contributed by atoms with Crippen molar-refractivity contribution in [2.45, 2.75) is 76.8 Å². The van der Waals surface area contributed by atoms with Crippen molar-refractivity contribution in [2.75, 3.05) is 61.8 Å². The molecule has 0 aromatic heterocycles. The minimum atomic E-state index is -5.64. The number of hydrogen-bond donors (Lipinski definition) is 4. The van der Waals surface area contributed by atoms with E-state index in [1.165, 1.54) is 59.9 Å². The van der Waals surface area contributed by atoms with Crippen LogP contribution in [-0.4, -0.2) is 95.1 Å². The fourth-order valence-corrected chi connectivity index (χ4v) is 11.3. The van der Waals surface area contributed by atoms with Gasteiger partial charge in [0.2, 0.25) is 0 Å². The first-order valence-electron chi connectivity index (χ1n) is 21.7. The number of aliphatic hydroxyl groups is 1. The molecule has 1 amide bonds. The monoisotopic (exact) mass is 989 g/mol. The van der Waals surface area contributed by atoms with E-state index < -0.39 is 46.3 Å². The van der Waals surface area contributed by atoms with Gasteiger partial charge in [-0.1, -0.05) is 60.0 Å². The number of nitrogens with one attached hydrogen (secondary N) is 3. The Morgan fingerprint density at radius 1 is 0.877 bits per heavy atom. The van der Waals surface area contributed by atoms with Crippen molar-refractivity contribution in [3.63, 3.8) is 0 Å². The van der Waals surface area contributed by atoms with Crippen molar-refractivity contribution in [1.82, 2.24) is 14.9 Å². The van der Waals surface area contributed by atoms with Crippen LogP contribution < -0.4 is 20.3 Å². The van der Waals surface area contributed by atoms with Gasteiger partial charge >= 0.3 is 4.71 Å². The number of halogens is 4. The fourth-order valence-electron chi connectivity index (χ4n) is 7.90. The number of sulfonamides is 1. The maximum absolute atomic E-state index is 14.6. The summed E-state index contributed by atoms with van der Waals surface area (Å²) in [5, 5.41) is 15.9. The summed E-state index contributed by atoms with van der Waals surface area (Å²) in [5.41, 5.74) is 4.76. The molecule has 1 heterocycles. The highest BCUT2D eigenvalue weighted by Gasteiger charge is 2.46. The molecule has 0 spiro atoms. The number of nitrogens with zero attached hydrogens (tertiary/aromatic N) is 2. The molecule has 1 fully saturated rings. The van der Waals surface area contributed by atoms with Gasteiger partial charge in [-0.25, -0.2) is 21.6 Å². The highest BCUT2D eigenvalue weighted by Crippen LogP contribution is 2.38. The molecule has 1 atom stereocenters. The maximum Gasteiger partial charge on any atom is 0.427 e. The molecular formula is C47H55Cl2F2N5O6S3. The number of benzene rings is 4. The lowest BCUT2D eigenvalue weighted by Crippen LogP contribution is -2.47. The van der Waals surface area contributed by atoms with Crippen LogP contribution in [0.1, 0.15) is 67.3 Å². The van der Waals surface area contributed by atoms with Gasteiger partial charge in [0.05, 0.1) is 21.7 Å². The lowest BCUT2D eigenvalue weighted by molar-refractivity contribution is 0.0981. The van der Waals surface area contributed by atoms with Crippen LogP contribution in [-0.2, 0) is 19.9 Å². The van der Waals surface area contributed by atoms with Gasteiger partial charge in [-0.2, -0.15) is 8.78 Å². The normalized spacial score (nSPS) is 16.1. The summed E-state index contributed by atoms with van der Waals surface area (Å²) in [4.78, 5) is 17.2. The van der Waals surface area contributed by atoms with Crippen LogP contribution in [0.4, 0.5) is 20.2 Å². The second-order valence-corrected chi connectivity index (χ2v) is 21.9. The zero-order valence-corrected chi connectivity index (χ0v) is 39.9. The Labute approximate surface area is 395 Å². The molecule has 11 nitrogen and oxygen atoms in total. The summed E-state index contributed by atoms with van der Waals surface area (Å²) in [6, 6.07) is 26.3. The summed E-state index contributed by atoms with van der Waals surface area (Å²) in [5.74, 6) is -0.590. The topological polar surface area (TPSA) is 148 Å². The standard InChI is InChI=1S/C47H55Cl2F2N5O6S3/c48-38-18-14-35(15-19-38)43-13-7-1-4-10-37(43)33-55-27-29-56(30-28-55)40-20-16-36(17-21-40)46(58)54-65(61,62)42-22-23-44(45(32-42)64(59,60)47(49,50)51)53-39(24-26-52-25-8-3-9-31-57)34-63-41-11-5-2-6-12-41/h2,5-6,9,11-12,14-23,31-32,39,52-53,57H,1,3-4,7-8,10,13,24-30,33-34H2,(H,54,58)/b31-9-/t39-/m1/s1. The molecule has 4 aromatic carbocycles. The number of thioether (sulfide) groups is 1. The first-order chi connectivity index (χ1) is 31.1. The molecule has 0 radical (unpaired) electrons. The van der Waals surface area contributed by atoms with Gasteiger partial charge in [0.15, 0.2) is 0 Å². The number of aliphatic hydroxyl groups excluding tert-OH is 1. The third kappa shape index (κ3) is 14.2. The zero-order chi connectivity index (χ0) is 46.5. The summed E-state index contributed by atoms with van der Waals surface area (Å²) >= 11 is 12.8. The molecule has 18 heteroatoms. The minimum absolute atomic E-state index is 0.0293. The van der Waals surface area contributed by atoms with Crippen molar-refractivity contribution in [2.24, 2.45) is 0 Å². The second kappa shape index (κ2) is 23.5. The number of rotatable bonds is 21. The van der Waals surface area contributed by atoms with E-state index in [0.29, 0.717) is 37.8 Å². The van der Waals surface area contributed by atoms with E-state index in [1.807, 2.05) is 47.2 Å². The Hall–Kier alpha value is -4.16. The number of unbranched alkanes of at least 4 members (excludes halogenated alkanes) is 1. The molecule has 0 unspecified atom stereocenters. The van der Waals surface area contributed by atoms with E-state index >= 15 is 0 Å². The maximum atomic E-state index is 14.6. The van der Waals surface area contributed by atoms with Crippen molar-refractivity contribution in [1.29, 1.82) is 0 Å². The third-order valence-electron chi connectivity index (χ3n) is 11.4. The molecular weight excluding hydrogens is 936 g/mol. The summed E-state index contributed by atoms with van der Waals surface area (Å²) in [6.45, 7) is 5.21. The van der Waals surface area contributed by atoms with Gasteiger partial charge in [-0.05, 0) is 148 Å². The molecule has 350 valence electrons. The van der Waals surface area contributed by atoms with Gasteiger partial charge in [-0.15, -0.1) is 11.8 Å². The number of carbonyl (C=O) groups is 1. The Morgan fingerprint density at radius 2 is 1.58 bits per heavy atom. The van der Waals surface area contributed by atoms with E-state index in [4.69, 9.17) is 28.3 Å². The lowest BCUT2D eigenvalue weighted by Gasteiger charge is -2.37.